The maximum Gasteiger partial charge on any atom is 0.220 e. The Labute approximate surface area is 125 Å². The van der Waals surface area contributed by atoms with E-state index in [4.69, 9.17) is 5.73 Å². The van der Waals surface area contributed by atoms with E-state index in [2.05, 4.69) is 33.0 Å². The molecule has 0 aliphatic heterocycles. The largest absolute Gasteiger partial charge is 0.353 e. The third kappa shape index (κ3) is 6.74. The molecule has 0 aromatic rings. The molecule has 0 spiro atoms. The maximum absolute atomic E-state index is 12.1. The summed E-state index contributed by atoms with van der Waals surface area (Å²) in [5.41, 5.74) is 5.93. The first-order valence-corrected chi connectivity index (χ1v) is 8.36. The molecule has 1 aliphatic carbocycles. The van der Waals surface area contributed by atoms with Crippen molar-refractivity contribution < 1.29 is 4.79 Å². The molecule has 0 radical (unpaired) electrons. The van der Waals surface area contributed by atoms with Crippen molar-refractivity contribution in [2.24, 2.45) is 23.0 Å². The van der Waals surface area contributed by atoms with Crippen LogP contribution in [0.2, 0.25) is 0 Å². The number of rotatable bonds is 9. The van der Waals surface area contributed by atoms with Crippen LogP contribution in [0.4, 0.5) is 0 Å². The summed E-state index contributed by atoms with van der Waals surface area (Å²) in [7, 11) is 0. The van der Waals surface area contributed by atoms with Crippen LogP contribution in [0, 0.1) is 17.3 Å². The number of nitrogens with one attached hydrogen (secondary N) is 1. The van der Waals surface area contributed by atoms with Crippen LogP contribution >= 0.6 is 0 Å². The van der Waals surface area contributed by atoms with Gasteiger partial charge in [-0.25, -0.2) is 0 Å². The summed E-state index contributed by atoms with van der Waals surface area (Å²) in [6, 6.07) is 0.387. The molecule has 2 unspecified atom stereocenters. The molecule has 0 heterocycles. The number of amides is 1. The van der Waals surface area contributed by atoms with Gasteiger partial charge in [-0.1, -0.05) is 40.5 Å². The van der Waals surface area contributed by atoms with Crippen molar-refractivity contribution >= 4 is 5.91 Å². The van der Waals surface area contributed by atoms with Gasteiger partial charge in [0, 0.05) is 12.5 Å². The van der Waals surface area contributed by atoms with Crippen molar-refractivity contribution in [3.05, 3.63) is 0 Å². The Hall–Kier alpha value is -0.570. The predicted octanol–water partition coefficient (Wildman–Crippen LogP) is 3.47. The maximum atomic E-state index is 12.1. The zero-order valence-corrected chi connectivity index (χ0v) is 13.9. The average molecular weight is 282 g/mol. The molecule has 1 amide bonds. The molecule has 0 aromatic heterocycles. The van der Waals surface area contributed by atoms with Crippen LogP contribution in [-0.2, 0) is 4.79 Å². The van der Waals surface area contributed by atoms with Crippen molar-refractivity contribution in [2.75, 3.05) is 6.54 Å². The second-order valence-corrected chi connectivity index (χ2v) is 7.53. The van der Waals surface area contributed by atoms with Gasteiger partial charge in [0.15, 0.2) is 0 Å². The number of hydrogen-bond acceptors (Lipinski definition) is 2. The van der Waals surface area contributed by atoms with E-state index in [-0.39, 0.29) is 11.3 Å². The highest BCUT2D eigenvalue weighted by Gasteiger charge is 2.27. The van der Waals surface area contributed by atoms with E-state index in [0.29, 0.717) is 24.9 Å². The smallest absolute Gasteiger partial charge is 0.220 e. The summed E-state index contributed by atoms with van der Waals surface area (Å²) in [6.45, 7) is 9.61. The number of hydrogen-bond donors (Lipinski definition) is 2. The normalized spacial score (nSPS) is 18.6. The lowest BCUT2D eigenvalue weighted by atomic mass is 9.76. The molecular formula is C17H34N2O. The quantitative estimate of drug-likeness (QED) is 0.680. The summed E-state index contributed by atoms with van der Waals surface area (Å²) >= 11 is 0. The van der Waals surface area contributed by atoms with Gasteiger partial charge < -0.3 is 11.1 Å². The molecule has 0 saturated heterocycles. The SMILES string of the molecule is CCC(CC1CC1)NC(=O)CCC(CCN)C(C)(C)C. The Morgan fingerprint density at radius 2 is 1.95 bits per heavy atom. The molecule has 0 aromatic carbocycles. The lowest BCUT2D eigenvalue weighted by Gasteiger charge is -2.30. The van der Waals surface area contributed by atoms with Gasteiger partial charge in [0.05, 0.1) is 0 Å². The lowest BCUT2D eigenvalue weighted by Crippen LogP contribution is -2.35. The van der Waals surface area contributed by atoms with Gasteiger partial charge in [0.1, 0.15) is 0 Å². The van der Waals surface area contributed by atoms with Crippen LogP contribution in [0.1, 0.15) is 72.6 Å². The minimum atomic E-state index is 0.226. The van der Waals surface area contributed by atoms with Crippen LogP contribution in [0.3, 0.4) is 0 Å². The van der Waals surface area contributed by atoms with Crippen molar-refractivity contribution in [1.29, 1.82) is 0 Å². The van der Waals surface area contributed by atoms with Gasteiger partial charge in [-0.2, -0.15) is 0 Å². The van der Waals surface area contributed by atoms with Crippen LogP contribution in [0.25, 0.3) is 0 Å². The van der Waals surface area contributed by atoms with E-state index in [1.54, 1.807) is 0 Å². The summed E-state index contributed by atoms with van der Waals surface area (Å²) in [4.78, 5) is 12.1. The van der Waals surface area contributed by atoms with Crippen LogP contribution in [0.15, 0.2) is 0 Å². The Bertz CT molecular complexity index is 292. The van der Waals surface area contributed by atoms with Crippen LogP contribution in [-0.4, -0.2) is 18.5 Å². The second-order valence-electron chi connectivity index (χ2n) is 7.53. The number of carbonyl (C=O) groups excluding carboxylic acids is 1. The second kappa shape index (κ2) is 8.02. The van der Waals surface area contributed by atoms with E-state index in [1.165, 1.54) is 19.3 Å². The van der Waals surface area contributed by atoms with Gasteiger partial charge in [0.25, 0.3) is 0 Å². The van der Waals surface area contributed by atoms with Gasteiger partial charge in [-0.15, -0.1) is 0 Å². The molecule has 3 nitrogen and oxygen atoms in total. The summed E-state index contributed by atoms with van der Waals surface area (Å²) in [5, 5.41) is 3.22. The van der Waals surface area contributed by atoms with Gasteiger partial charge in [-0.05, 0) is 49.5 Å². The third-order valence-corrected chi connectivity index (χ3v) is 4.63. The first-order chi connectivity index (χ1) is 9.36. The first kappa shape index (κ1) is 17.5. The van der Waals surface area contributed by atoms with Gasteiger partial charge in [-0.3, -0.25) is 4.79 Å². The number of carbonyl (C=O) groups is 1. The zero-order valence-electron chi connectivity index (χ0n) is 13.9. The van der Waals surface area contributed by atoms with E-state index < -0.39 is 0 Å². The minimum absolute atomic E-state index is 0.226. The molecule has 20 heavy (non-hydrogen) atoms. The first-order valence-electron chi connectivity index (χ1n) is 8.36. The molecule has 1 aliphatic rings. The summed E-state index contributed by atoms with van der Waals surface area (Å²) < 4.78 is 0. The topological polar surface area (TPSA) is 55.1 Å². The minimum Gasteiger partial charge on any atom is -0.353 e. The lowest BCUT2D eigenvalue weighted by molar-refractivity contribution is -0.122. The summed E-state index contributed by atoms with van der Waals surface area (Å²) in [6.07, 6.45) is 7.54. The summed E-state index contributed by atoms with van der Waals surface area (Å²) in [5.74, 6) is 1.63. The Kier molecular flexibility index (Phi) is 7.01. The van der Waals surface area contributed by atoms with Crippen molar-refractivity contribution in [1.82, 2.24) is 5.32 Å². The monoisotopic (exact) mass is 282 g/mol. The highest BCUT2D eigenvalue weighted by Crippen LogP contribution is 2.34. The number of nitrogens with two attached hydrogens (primary N) is 1. The van der Waals surface area contributed by atoms with Crippen molar-refractivity contribution in [3.8, 4) is 0 Å². The molecule has 2 atom stereocenters. The Balaban J connectivity index is 2.32. The molecule has 1 rings (SSSR count). The van der Waals surface area contributed by atoms with Crippen molar-refractivity contribution in [3.63, 3.8) is 0 Å². The standard InChI is InChI=1S/C17H34N2O/c1-5-15(12-13-6-7-13)19-16(20)9-8-14(10-11-18)17(2,3)4/h13-15H,5-12,18H2,1-4H3,(H,19,20). The fourth-order valence-electron chi connectivity index (χ4n) is 2.90. The van der Waals surface area contributed by atoms with E-state index in [9.17, 15) is 4.79 Å². The molecule has 3 N–H and O–H groups in total. The average Bonchev–Trinajstić information content (AvgIpc) is 3.16. The Morgan fingerprint density at radius 1 is 1.30 bits per heavy atom. The van der Waals surface area contributed by atoms with Gasteiger partial charge in [0.2, 0.25) is 5.91 Å². The van der Waals surface area contributed by atoms with E-state index in [0.717, 1.165) is 25.2 Å². The van der Waals surface area contributed by atoms with E-state index in [1.807, 2.05) is 0 Å². The van der Waals surface area contributed by atoms with Gasteiger partial charge >= 0.3 is 0 Å². The highest BCUT2D eigenvalue weighted by atomic mass is 16.1. The fourth-order valence-corrected chi connectivity index (χ4v) is 2.90. The third-order valence-electron chi connectivity index (χ3n) is 4.63. The fraction of sp³-hybridized carbons (Fsp3) is 0.941. The molecular weight excluding hydrogens is 248 g/mol. The van der Waals surface area contributed by atoms with Crippen LogP contribution in [0.5, 0.6) is 0 Å². The molecule has 118 valence electrons. The molecule has 0 bridgehead atoms. The molecule has 1 saturated carbocycles. The van der Waals surface area contributed by atoms with Crippen molar-refractivity contribution in [2.45, 2.75) is 78.7 Å². The Morgan fingerprint density at radius 3 is 2.40 bits per heavy atom. The van der Waals surface area contributed by atoms with E-state index >= 15 is 0 Å². The predicted molar refractivity (Wildman–Crippen MR) is 85.4 cm³/mol. The molecule has 1 fully saturated rings. The highest BCUT2D eigenvalue weighted by molar-refractivity contribution is 5.76. The van der Waals surface area contributed by atoms with Crippen LogP contribution < -0.4 is 11.1 Å². The molecule has 3 heteroatoms. The zero-order chi connectivity index (χ0) is 15.2.